The van der Waals surface area contributed by atoms with Crippen molar-refractivity contribution in [1.82, 2.24) is 5.32 Å². The van der Waals surface area contributed by atoms with E-state index in [1.807, 2.05) is 0 Å². The first kappa shape index (κ1) is 18.7. The lowest BCUT2D eigenvalue weighted by Gasteiger charge is -2.23. The number of aryl methyl sites for hydroxylation is 1. The number of benzene rings is 1. The van der Waals surface area contributed by atoms with E-state index in [0.29, 0.717) is 24.7 Å². The molecule has 1 rings (SSSR count). The zero-order valence-corrected chi connectivity index (χ0v) is 14.2. The molecule has 0 aliphatic heterocycles. The smallest absolute Gasteiger partial charge is 0.220 e. The molecule has 0 unspecified atom stereocenters. The molecule has 1 amide bonds. The summed E-state index contributed by atoms with van der Waals surface area (Å²) in [5.74, 6) is 3.54. The van der Waals surface area contributed by atoms with Crippen LogP contribution in [0.15, 0.2) is 24.3 Å². The van der Waals surface area contributed by atoms with Gasteiger partial charge in [-0.15, -0.1) is 29.6 Å². The third-order valence-corrected chi connectivity index (χ3v) is 3.61. The first-order valence-corrected chi connectivity index (χ1v) is 8.44. The van der Waals surface area contributed by atoms with Crippen molar-refractivity contribution < 1.29 is 4.79 Å². The molecule has 0 aromatic heterocycles. The molecule has 0 spiro atoms. The molecule has 0 atom stereocenters. The van der Waals surface area contributed by atoms with Crippen LogP contribution in [0.1, 0.15) is 18.4 Å². The van der Waals surface area contributed by atoms with Crippen LogP contribution in [0.4, 0.5) is 5.69 Å². The van der Waals surface area contributed by atoms with Crippen LogP contribution in [-0.4, -0.2) is 37.3 Å². The van der Waals surface area contributed by atoms with Gasteiger partial charge in [-0.2, -0.15) is 0 Å². The Morgan fingerprint density at radius 3 is 2.36 bits per heavy atom. The molecule has 120 valence electrons. The maximum Gasteiger partial charge on any atom is 0.220 e. The lowest BCUT2D eigenvalue weighted by molar-refractivity contribution is -0.120. The maximum absolute atomic E-state index is 11.4. The van der Waals surface area contributed by atoms with Crippen LogP contribution in [-0.2, 0) is 11.2 Å². The number of rotatable bonds is 10. The molecule has 0 aliphatic carbocycles. The normalized spacial score (nSPS) is 10.0. The van der Waals surface area contributed by atoms with Crippen molar-refractivity contribution in [2.45, 2.75) is 19.3 Å². The van der Waals surface area contributed by atoms with Gasteiger partial charge >= 0.3 is 0 Å². The van der Waals surface area contributed by atoms with E-state index in [9.17, 15) is 4.79 Å². The average molecular weight is 341 g/mol. The molecule has 0 bridgehead atoms. The summed E-state index contributed by atoms with van der Waals surface area (Å²) < 4.78 is 0. The molecule has 1 aromatic carbocycles. The van der Waals surface area contributed by atoms with E-state index in [4.69, 9.17) is 29.6 Å². The van der Waals surface area contributed by atoms with Crippen LogP contribution in [0.5, 0.6) is 0 Å². The first-order chi connectivity index (χ1) is 10.7. The van der Waals surface area contributed by atoms with E-state index < -0.39 is 0 Å². The van der Waals surface area contributed by atoms with Gasteiger partial charge in [-0.1, -0.05) is 18.1 Å². The Labute approximate surface area is 143 Å². The lowest BCUT2D eigenvalue weighted by atomic mass is 10.1. The van der Waals surface area contributed by atoms with Gasteiger partial charge in [0.1, 0.15) is 0 Å². The third-order valence-electron chi connectivity index (χ3n) is 3.27. The van der Waals surface area contributed by atoms with Gasteiger partial charge in [-0.3, -0.25) is 4.79 Å². The quantitative estimate of drug-likeness (QED) is 0.524. The Morgan fingerprint density at radius 2 is 1.82 bits per heavy atom. The van der Waals surface area contributed by atoms with Crippen LogP contribution in [0.3, 0.4) is 0 Å². The molecule has 1 aromatic rings. The fraction of sp³-hybridized carbons (Fsp3) is 0.471. The van der Waals surface area contributed by atoms with E-state index in [-0.39, 0.29) is 5.91 Å². The number of nitrogens with one attached hydrogen (secondary N) is 1. The summed E-state index contributed by atoms with van der Waals surface area (Å²) in [6, 6.07) is 8.33. The van der Waals surface area contributed by atoms with E-state index in [1.165, 1.54) is 5.56 Å². The average Bonchev–Trinajstić information content (AvgIpc) is 2.53. The maximum atomic E-state index is 11.4. The highest BCUT2D eigenvalue weighted by atomic mass is 35.5. The highest BCUT2D eigenvalue weighted by molar-refractivity contribution is 6.18. The summed E-state index contributed by atoms with van der Waals surface area (Å²) >= 11 is 11.6. The Hall–Kier alpha value is -1.37. The highest BCUT2D eigenvalue weighted by Gasteiger charge is 2.05. The largest absolute Gasteiger partial charge is 0.369 e. The van der Waals surface area contributed by atoms with Crippen molar-refractivity contribution in [3.63, 3.8) is 0 Å². The zero-order chi connectivity index (χ0) is 16.2. The number of anilines is 1. The van der Waals surface area contributed by atoms with Crippen molar-refractivity contribution in [2.24, 2.45) is 0 Å². The predicted molar refractivity (Wildman–Crippen MR) is 94.9 cm³/mol. The van der Waals surface area contributed by atoms with Crippen LogP contribution < -0.4 is 10.2 Å². The molecule has 3 nitrogen and oxygen atoms in total. The number of hydrogen-bond donors (Lipinski definition) is 1. The standard InChI is InChI=1S/C17H22Cl2N2O/c1-2-12-20-17(22)5-3-4-15-6-8-16(9-7-15)21(13-10-18)14-11-19/h1,6-9H,3-5,10-14H2,(H,20,22). The van der Waals surface area contributed by atoms with Gasteiger partial charge in [0, 0.05) is 37.0 Å². The van der Waals surface area contributed by atoms with Crippen LogP contribution >= 0.6 is 23.2 Å². The van der Waals surface area contributed by atoms with Gasteiger partial charge in [0.15, 0.2) is 0 Å². The summed E-state index contributed by atoms with van der Waals surface area (Å²) in [6.07, 6.45) is 7.27. The summed E-state index contributed by atoms with van der Waals surface area (Å²) in [5.41, 5.74) is 2.34. The van der Waals surface area contributed by atoms with Crippen molar-refractivity contribution >= 4 is 34.8 Å². The number of amides is 1. The number of alkyl halides is 2. The molecule has 0 aliphatic rings. The van der Waals surface area contributed by atoms with Gasteiger partial charge in [-0.05, 0) is 30.5 Å². The zero-order valence-electron chi connectivity index (χ0n) is 12.7. The Kier molecular flexibility index (Phi) is 9.54. The summed E-state index contributed by atoms with van der Waals surface area (Å²) in [7, 11) is 0. The molecule has 22 heavy (non-hydrogen) atoms. The highest BCUT2D eigenvalue weighted by Crippen LogP contribution is 2.16. The van der Waals surface area contributed by atoms with Crippen molar-refractivity contribution in [2.75, 3.05) is 36.3 Å². The van der Waals surface area contributed by atoms with Gasteiger partial charge < -0.3 is 10.2 Å². The molecule has 0 radical (unpaired) electrons. The van der Waals surface area contributed by atoms with Gasteiger partial charge in [0.05, 0.1) is 6.54 Å². The molecule has 5 heteroatoms. The minimum Gasteiger partial charge on any atom is -0.369 e. The number of hydrogen-bond acceptors (Lipinski definition) is 2. The second-order valence-electron chi connectivity index (χ2n) is 4.87. The summed E-state index contributed by atoms with van der Waals surface area (Å²) in [4.78, 5) is 13.6. The Balaban J connectivity index is 2.44. The second kappa shape index (κ2) is 11.2. The van der Waals surface area contributed by atoms with E-state index in [0.717, 1.165) is 31.6 Å². The molecular weight excluding hydrogens is 319 g/mol. The van der Waals surface area contributed by atoms with Crippen LogP contribution in [0.25, 0.3) is 0 Å². The summed E-state index contributed by atoms with van der Waals surface area (Å²) in [6.45, 7) is 1.86. The number of nitrogens with zero attached hydrogens (tertiary/aromatic N) is 1. The number of halogens is 2. The van der Waals surface area contributed by atoms with Crippen molar-refractivity contribution in [3.8, 4) is 12.3 Å². The molecule has 0 heterocycles. The molecule has 0 saturated heterocycles. The number of carbonyl (C=O) groups is 1. The van der Waals surface area contributed by atoms with Crippen LogP contribution in [0.2, 0.25) is 0 Å². The minimum atomic E-state index is 0.00460. The second-order valence-corrected chi connectivity index (χ2v) is 5.62. The van der Waals surface area contributed by atoms with Crippen LogP contribution in [0, 0.1) is 12.3 Å². The van der Waals surface area contributed by atoms with E-state index in [1.54, 1.807) is 0 Å². The van der Waals surface area contributed by atoms with E-state index in [2.05, 4.69) is 40.4 Å². The molecule has 0 saturated carbocycles. The molecular formula is C17H22Cl2N2O. The molecule has 1 N–H and O–H groups in total. The number of carbonyl (C=O) groups excluding carboxylic acids is 1. The van der Waals surface area contributed by atoms with Gasteiger partial charge in [-0.25, -0.2) is 0 Å². The first-order valence-electron chi connectivity index (χ1n) is 7.37. The topological polar surface area (TPSA) is 32.3 Å². The summed E-state index contributed by atoms with van der Waals surface area (Å²) in [5, 5.41) is 2.66. The van der Waals surface area contributed by atoms with Crippen molar-refractivity contribution in [1.29, 1.82) is 0 Å². The molecule has 0 fully saturated rings. The SMILES string of the molecule is C#CCNC(=O)CCCc1ccc(N(CCCl)CCCl)cc1. The minimum absolute atomic E-state index is 0.00460. The van der Waals surface area contributed by atoms with Crippen molar-refractivity contribution in [3.05, 3.63) is 29.8 Å². The van der Waals surface area contributed by atoms with Gasteiger partial charge in [0.2, 0.25) is 5.91 Å². The van der Waals surface area contributed by atoms with E-state index >= 15 is 0 Å². The predicted octanol–water partition coefficient (Wildman–Crippen LogP) is 3.04. The lowest BCUT2D eigenvalue weighted by Crippen LogP contribution is -2.27. The fourth-order valence-corrected chi connectivity index (χ4v) is 2.55. The Morgan fingerprint density at radius 1 is 1.18 bits per heavy atom. The fourth-order valence-electron chi connectivity index (χ4n) is 2.14. The Bertz CT molecular complexity index is 476. The third kappa shape index (κ3) is 7.06. The number of terminal acetylenes is 1. The van der Waals surface area contributed by atoms with Gasteiger partial charge in [0.25, 0.3) is 0 Å². The monoisotopic (exact) mass is 340 g/mol.